The second-order valence-corrected chi connectivity index (χ2v) is 6.41. The molecule has 3 rings (SSSR count). The van der Waals surface area contributed by atoms with Gasteiger partial charge in [-0.15, -0.1) is 0 Å². The molecule has 0 saturated carbocycles. The van der Waals surface area contributed by atoms with Crippen LogP contribution < -0.4 is 5.43 Å². The molecule has 0 aromatic heterocycles. The van der Waals surface area contributed by atoms with Crippen molar-refractivity contribution in [1.29, 1.82) is 0 Å². The van der Waals surface area contributed by atoms with Crippen molar-refractivity contribution in [2.45, 2.75) is 6.42 Å². The van der Waals surface area contributed by atoms with Crippen LogP contribution in [0.4, 0.5) is 0 Å². The third-order valence-electron chi connectivity index (χ3n) is 3.50. The fourth-order valence-corrected chi connectivity index (χ4v) is 2.75. The van der Waals surface area contributed by atoms with E-state index in [1.54, 1.807) is 6.21 Å². The Kier molecular flexibility index (Phi) is 5.02. The van der Waals surface area contributed by atoms with Crippen LogP contribution in [-0.2, 0) is 11.2 Å². The highest BCUT2D eigenvalue weighted by atomic mass is 127. The van der Waals surface area contributed by atoms with E-state index in [0.717, 1.165) is 21.9 Å². The number of benzene rings is 3. The Bertz CT molecular complexity index is 851. The molecule has 0 aliphatic rings. The predicted octanol–water partition coefficient (Wildman–Crippen LogP) is 4.14. The summed E-state index contributed by atoms with van der Waals surface area (Å²) in [5, 5.41) is 6.26. The lowest BCUT2D eigenvalue weighted by atomic mass is 10.0. The molecule has 0 bridgehead atoms. The number of halogens is 1. The molecule has 23 heavy (non-hydrogen) atoms. The first kappa shape index (κ1) is 15.7. The molecule has 1 amide bonds. The number of fused-ring (bicyclic) bond motifs is 1. The zero-order valence-electron chi connectivity index (χ0n) is 12.4. The molecule has 0 radical (unpaired) electrons. The summed E-state index contributed by atoms with van der Waals surface area (Å²) in [6, 6.07) is 22.0. The van der Waals surface area contributed by atoms with Gasteiger partial charge in [-0.05, 0) is 56.6 Å². The maximum Gasteiger partial charge on any atom is 0.244 e. The summed E-state index contributed by atoms with van der Waals surface area (Å²) in [5.74, 6) is -0.122. The largest absolute Gasteiger partial charge is 0.273 e. The van der Waals surface area contributed by atoms with E-state index in [-0.39, 0.29) is 5.91 Å². The van der Waals surface area contributed by atoms with Crippen LogP contribution in [0.25, 0.3) is 10.8 Å². The highest BCUT2D eigenvalue weighted by Gasteiger charge is 2.05. The number of hydrogen-bond acceptors (Lipinski definition) is 2. The molecular weight excluding hydrogens is 399 g/mol. The van der Waals surface area contributed by atoms with E-state index in [1.807, 2.05) is 66.7 Å². The fraction of sp³-hybridized carbons (Fsp3) is 0.0526. The third kappa shape index (κ3) is 4.16. The first-order valence-corrected chi connectivity index (χ1v) is 8.34. The van der Waals surface area contributed by atoms with E-state index < -0.39 is 0 Å². The molecule has 0 aliphatic heterocycles. The Labute approximate surface area is 148 Å². The van der Waals surface area contributed by atoms with E-state index in [4.69, 9.17) is 0 Å². The summed E-state index contributed by atoms with van der Waals surface area (Å²) >= 11 is 2.25. The highest BCUT2D eigenvalue weighted by Crippen LogP contribution is 2.18. The van der Waals surface area contributed by atoms with Crippen molar-refractivity contribution >= 4 is 45.5 Å². The van der Waals surface area contributed by atoms with E-state index in [9.17, 15) is 4.79 Å². The van der Waals surface area contributed by atoms with Gasteiger partial charge in [0.2, 0.25) is 5.91 Å². The van der Waals surface area contributed by atoms with E-state index in [0.29, 0.717) is 6.42 Å². The highest BCUT2D eigenvalue weighted by molar-refractivity contribution is 14.1. The number of nitrogens with one attached hydrogen (secondary N) is 1. The standard InChI is InChI=1S/C19H15IN2O/c20-17-10-8-14(9-11-17)13-21-22-19(23)12-16-6-3-5-15-4-1-2-7-18(15)16/h1-11,13H,12H2,(H,22,23)/b21-13-. The van der Waals surface area contributed by atoms with Crippen molar-refractivity contribution in [2.24, 2.45) is 5.10 Å². The fourth-order valence-electron chi connectivity index (χ4n) is 2.39. The number of amides is 1. The Hall–Kier alpha value is -2.21. The average molecular weight is 414 g/mol. The summed E-state index contributed by atoms with van der Waals surface area (Å²) in [6.45, 7) is 0. The van der Waals surface area contributed by atoms with Gasteiger partial charge in [-0.3, -0.25) is 4.79 Å². The molecule has 4 heteroatoms. The monoisotopic (exact) mass is 414 g/mol. The van der Waals surface area contributed by atoms with E-state index in [1.165, 1.54) is 3.57 Å². The first-order valence-electron chi connectivity index (χ1n) is 7.26. The van der Waals surface area contributed by atoms with Gasteiger partial charge in [0.15, 0.2) is 0 Å². The van der Waals surface area contributed by atoms with Crippen LogP contribution in [-0.4, -0.2) is 12.1 Å². The Balaban J connectivity index is 1.66. The van der Waals surface area contributed by atoms with Crippen molar-refractivity contribution < 1.29 is 4.79 Å². The average Bonchev–Trinajstić information content (AvgIpc) is 2.57. The smallest absolute Gasteiger partial charge is 0.244 e. The maximum atomic E-state index is 12.1. The SMILES string of the molecule is O=C(Cc1cccc2ccccc12)N/N=C\c1ccc(I)cc1. The molecule has 0 heterocycles. The second-order valence-electron chi connectivity index (χ2n) is 5.16. The van der Waals surface area contributed by atoms with Gasteiger partial charge in [0.1, 0.15) is 0 Å². The lowest BCUT2D eigenvalue weighted by Gasteiger charge is -2.05. The van der Waals surface area contributed by atoms with Gasteiger partial charge in [-0.2, -0.15) is 5.10 Å². The molecule has 0 aliphatic carbocycles. The normalized spacial score (nSPS) is 11.0. The van der Waals surface area contributed by atoms with E-state index in [2.05, 4.69) is 33.1 Å². The summed E-state index contributed by atoms with van der Waals surface area (Å²) in [7, 11) is 0. The molecule has 0 spiro atoms. The number of hydrogen-bond donors (Lipinski definition) is 1. The van der Waals surface area contributed by atoms with Crippen LogP contribution in [0.2, 0.25) is 0 Å². The molecule has 0 saturated heterocycles. The van der Waals surface area contributed by atoms with Crippen molar-refractivity contribution in [2.75, 3.05) is 0 Å². The van der Waals surface area contributed by atoms with Crippen LogP contribution in [0.3, 0.4) is 0 Å². The lowest BCUT2D eigenvalue weighted by molar-refractivity contribution is -0.120. The molecule has 3 aromatic rings. The van der Waals surface area contributed by atoms with E-state index >= 15 is 0 Å². The summed E-state index contributed by atoms with van der Waals surface area (Å²) in [6.07, 6.45) is 1.96. The summed E-state index contributed by atoms with van der Waals surface area (Å²) in [4.78, 5) is 12.1. The quantitative estimate of drug-likeness (QED) is 0.389. The Morgan fingerprint density at radius 2 is 1.74 bits per heavy atom. The summed E-state index contributed by atoms with van der Waals surface area (Å²) < 4.78 is 1.17. The number of carbonyl (C=O) groups is 1. The molecule has 0 unspecified atom stereocenters. The van der Waals surface area contributed by atoms with Crippen molar-refractivity contribution in [3.63, 3.8) is 0 Å². The number of carbonyl (C=O) groups excluding carboxylic acids is 1. The van der Waals surface area contributed by atoms with Gasteiger partial charge < -0.3 is 0 Å². The first-order chi connectivity index (χ1) is 11.2. The Morgan fingerprint density at radius 1 is 1.00 bits per heavy atom. The molecule has 0 atom stereocenters. The third-order valence-corrected chi connectivity index (χ3v) is 4.22. The molecule has 3 nitrogen and oxygen atoms in total. The number of hydrazone groups is 1. The molecule has 114 valence electrons. The van der Waals surface area contributed by atoms with Gasteiger partial charge >= 0.3 is 0 Å². The molecule has 3 aromatic carbocycles. The predicted molar refractivity (Wildman–Crippen MR) is 103 cm³/mol. The zero-order valence-corrected chi connectivity index (χ0v) is 14.5. The van der Waals surface area contributed by atoms with Crippen LogP contribution >= 0.6 is 22.6 Å². The number of nitrogens with zero attached hydrogens (tertiary/aromatic N) is 1. The second kappa shape index (κ2) is 7.37. The lowest BCUT2D eigenvalue weighted by Crippen LogP contribution is -2.19. The van der Waals surface area contributed by atoms with Crippen LogP contribution in [0.1, 0.15) is 11.1 Å². The topological polar surface area (TPSA) is 41.5 Å². The zero-order chi connectivity index (χ0) is 16.1. The van der Waals surface area contributed by atoms with Crippen molar-refractivity contribution in [3.8, 4) is 0 Å². The van der Waals surface area contributed by atoms with Crippen LogP contribution in [0, 0.1) is 3.57 Å². The maximum absolute atomic E-state index is 12.1. The van der Waals surface area contributed by atoms with Gasteiger partial charge in [-0.1, -0.05) is 54.6 Å². The minimum atomic E-state index is -0.122. The van der Waals surface area contributed by atoms with Crippen molar-refractivity contribution in [3.05, 3.63) is 81.4 Å². The van der Waals surface area contributed by atoms with Crippen LogP contribution in [0.15, 0.2) is 71.8 Å². The van der Waals surface area contributed by atoms with Gasteiger partial charge in [0.05, 0.1) is 12.6 Å². The van der Waals surface area contributed by atoms with Gasteiger partial charge in [0, 0.05) is 3.57 Å². The van der Waals surface area contributed by atoms with Crippen LogP contribution in [0.5, 0.6) is 0 Å². The van der Waals surface area contributed by atoms with Crippen molar-refractivity contribution in [1.82, 2.24) is 5.43 Å². The number of rotatable bonds is 4. The molecule has 1 N–H and O–H groups in total. The summed E-state index contributed by atoms with van der Waals surface area (Å²) in [5.41, 5.74) is 4.55. The van der Waals surface area contributed by atoms with Gasteiger partial charge in [-0.25, -0.2) is 5.43 Å². The molecule has 0 fully saturated rings. The Morgan fingerprint density at radius 3 is 2.57 bits per heavy atom. The molecular formula is C19H15IN2O. The minimum absolute atomic E-state index is 0.122. The van der Waals surface area contributed by atoms with Gasteiger partial charge in [0.25, 0.3) is 0 Å². The minimum Gasteiger partial charge on any atom is -0.273 e.